The Hall–Kier alpha value is -2.81. The number of likely N-dealkylation sites (N-methyl/N-ethyl adjacent to an activating group) is 1. The lowest BCUT2D eigenvalue weighted by molar-refractivity contribution is 0.0383. The molecule has 1 aromatic carbocycles. The van der Waals surface area contributed by atoms with Gasteiger partial charge in [-0.15, -0.1) is 0 Å². The van der Waals surface area contributed by atoms with Crippen LogP contribution in [-0.2, 0) is 4.74 Å². The summed E-state index contributed by atoms with van der Waals surface area (Å²) < 4.78 is 5.34. The molecule has 0 atom stereocenters. The van der Waals surface area contributed by atoms with Gasteiger partial charge in [-0.25, -0.2) is 4.98 Å². The van der Waals surface area contributed by atoms with Crippen LogP contribution in [0.3, 0.4) is 0 Å². The van der Waals surface area contributed by atoms with Gasteiger partial charge in [0, 0.05) is 63.5 Å². The second-order valence-electron chi connectivity index (χ2n) is 8.29. The Balaban J connectivity index is 1.35. The van der Waals surface area contributed by atoms with Crippen LogP contribution in [0.15, 0.2) is 42.5 Å². The second-order valence-corrected chi connectivity index (χ2v) is 8.29. The SMILES string of the molecule is CN1CCN(C(=O)c2ccc(-c3cccc(C(=O)NCCN4CCOCC4)n3)cc2)CC1. The summed E-state index contributed by atoms with van der Waals surface area (Å²) in [4.78, 5) is 36.2. The predicted molar refractivity (Wildman–Crippen MR) is 123 cm³/mol. The van der Waals surface area contributed by atoms with Crippen molar-refractivity contribution in [2.45, 2.75) is 0 Å². The summed E-state index contributed by atoms with van der Waals surface area (Å²) in [5.74, 6) is -0.118. The number of hydrogen-bond donors (Lipinski definition) is 1. The fraction of sp³-hybridized carbons (Fsp3) is 0.458. The fourth-order valence-corrected chi connectivity index (χ4v) is 3.94. The van der Waals surface area contributed by atoms with Gasteiger partial charge in [-0.05, 0) is 31.3 Å². The van der Waals surface area contributed by atoms with E-state index in [0.29, 0.717) is 23.5 Å². The topological polar surface area (TPSA) is 78.0 Å². The fourth-order valence-electron chi connectivity index (χ4n) is 3.94. The van der Waals surface area contributed by atoms with Crippen molar-refractivity contribution in [2.75, 3.05) is 72.6 Å². The minimum atomic E-state index is -0.179. The monoisotopic (exact) mass is 437 g/mol. The molecular weight excluding hydrogens is 406 g/mol. The largest absolute Gasteiger partial charge is 0.379 e. The van der Waals surface area contributed by atoms with E-state index in [4.69, 9.17) is 4.74 Å². The highest BCUT2D eigenvalue weighted by atomic mass is 16.5. The molecule has 0 unspecified atom stereocenters. The third-order valence-corrected chi connectivity index (χ3v) is 6.02. The van der Waals surface area contributed by atoms with E-state index in [-0.39, 0.29) is 11.8 Å². The number of morpholine rings is 1. The lowest BCUT2D eigenvalue weighted by atomic mass is 10.1. The number of carbonyl (C=O) groups excluding carboxylic acids is 2. The van der Waals surface area contributed by atoms with Crippen LogP contribution in [-0.4, -0.2) is 104 Å². The predicted octanol–water partition coefficient (Wildman–Crippen LogP) is 1.20. The summed E-state index contributed by atoms with van der Waals surface area (Å²) in [6, 6.07) is 12.9. The normalized spacial score (nSPS) is 17.8. The molecule has 0 aliphatic carbocycles. The van der Waals surface area contributed by atoms with Gasteiger partial charge in [0.25, 0.3) is 11.8 Å². The standard InChI is InChI=1S/C24H31N5O3/c1-27-11-13-29(14-12-27)24(31)20-7-5-19(6-8-20)21-3-2-4-22(26-21)23(30)25-9-10-28-15-17-32-18-16-28/h2-8H,9-18H2,1H3,(H,25,30). The number of hydrogen-bond acceptors (Lipinski definition) is 6. The Morgan fingerprint density at radius 2 is 1.69 bits per heavy atom. The van der Waals surface area contributed by atoms with E-state index >= 15 is 0 Å². The number of piperazine rings is 1. The van der Waals surface area contributed by atoms with Crippen molar-refractivity contribution in [3.05, 3.63) is 53.7 Å². The Morgan fingerprint density at radius 3 is 2.41 bits per heavy atom. The van der Waals surface area contributed by atoms with Crippen molar-refractivity contribution in [3.63, 3.8) is 0 Å². The molecule has 2 saturated heterocycles. The summed E-state index contributed by atoms with van der Waals surface area (Å²) in [5, 5.41) is 2.95. The number of benzene rings is 1. The number of ether oxygens (including phenoxy) is 1. The van der Waals surface area contributed by atoms with Gasteiger partial charge in [0.15, 0.2) is 0 Å². The van der Waals surface area contributed by atoms with E-state index in [0.717, 1.165) is 64.6 Å². The number of nitrogens with zero attached hydrogens (tertiary/aromatic N) is 4. The molecular formula is C24H31N5O3. The number of nitrogens with one attached hydrogen (secondary N) is 1. The van der Waals surface area contributed by atoms with Crippen LogP contribution in [0.2, 0.25) is 0 Å². The van der Waals surface area contributed by atoms with Crippen molar-refractivity contribution >= 4 is 11.8 Å². The maximum absolute atomic E-state index is 12.7. The molecule has 170 valence electrons. The average Bonchev–Trinajstić information content (AvgIpc) is 2.85. The van der Waals surface area contributed by atoms with Gasteiger partial charge in [0.2, 0.25) is 0 Å². The molecule has 2 aliphatic rings. The zero-order valence-electron chi connectivity index (χ0n) is 18.6. The van der Waals surface area contributed by atoms with Crippen LogP contribution < -0.4 is 5.32 Å². The first kappa shape index (κ1) is 22.4. The van der Waals surface area contributed by atoms with Crippen LogP contribution in [0.5, 0.6) is 0 Å². The van der Waals surface area contributed by atoms with E-state index < -0.39 is 0 Å². The van der Waals surface area contributed by atoms with Crippen molar-refractivity contribution in [1.29, 1.82) is 0 Å². The number of carbonyl (C=O) groups is 2. The first-order chi connectivity index (χ1) is 15.6. The number of pyridine rings is 1. The van der Waals surface area contributed by atoms with Crippen LogP contribution in [0.4, 0.5) is 0 Å². The van der Waals surface area contributed by atoms with Crippen LogP contribution >= 0.6 is 0 Å². The molecule has 8 heteroatoms. The van der Waals surface area contributed by atoms with Gasteiger partial charge in [0.05, 0.1) is 18.9 Å². The third-order valence-electron chi connectivity index (χ3n) is 6.02. The molecule has 32 heavy (non-hydrogen) atoms. The van der Waals surface area contributed by atoms with E-state index in [1.807, 2.05) is 41.3 Å². The zero-order chi connectivity index (χ0) is 22.3. The Bertz CT molecular complexity index is 919. The van der Waals surface area contributed by atoms with Crippen LogP contribution in [0.25, 0.3) is 11.3 Å². The minimum Gasteiger partial charge on any atom is -0.379 e. The average molecular weight is 438 g/mol. The molecule has 0 bridgehead atoms. The highest BCUT2D eigenvalue weighted by Crippen LogP contribution is 2.19. The summed E-state index contributed by atoms with van der Waals surface area (Å²) >= 11 is 0. The molecule has 8 nitrogen and oxygen atoms in total. The van der Waals surface area contributed by atoms with Crippen LogP contribution in [0, 0.1) is 0 Å². The van der Waals surface area contributed by atoms with E-state index in [9.17, 15) is 9.59 Å². The van der Waals surface area contributed by atoms with Gasteiger partial charge in [-0.3, -0.25) is 14.5 Å². The van der Waals surface area contributed by atoms with E-state index in [1.165, 1.54) is 0 Å². The Kier molecular flexibility index (Phi) is 7.47. The molecule has 1 N–H and O–H groups in total. The summed E-state index contributed by atoms with van der Waals surface area (Å²) in [6.45, 7) is 7.97. The maximum Gasteiger partial charge on any atom is 0.269 e. The van der Waals surface area contributed by atoms with Crippen molar-refractivity contribution < 1.29 is 14.3 Å². The van der Waals surface area contributed by atoms with Crippen molar-refractivity contribution in [3.8, 4) is 11.3 Å². The summed E-state index contributed by atoms with van der Waals surface area (Å²) in [5.41, 5.74) is 2.66. The quantitative estimate of drug-likeness (QED) is 0.732. The first-order valence-corrected chi connectivity index (χ1v) is 11.2. The zero-order valence-corrected chi connectivity index (χ0v) is 18.6. The van der Waals surface area contributed by atoms with Gasteiger partial charge in [-0.1, -0.05) is 18.2 Å². The maximum atomic E-state index is 12.7. The number of amides is 2. The van der Waals surface area contributed by atoms with Gasteiger partial charge >= 0.3 is 0 Å². The second kappa shape index (κ2) is 10.7. The molecule has 1 aromatic heterocycles. The highest BCUT2D eigenvalue weighted by Gasteiger charge is 2.20. The molecule has 2 amide bonds. The highest BCUT2D eigenvalue weighted by molar-refractivity contribution is 5.95. The molecule has 3 heterocycles. The third kappa shape index (κ3) is 5.70. The molecule has 2 aliphatic heterocycles. The van der Waals surface area contributed by atoms with E-state index in [2.05, 4.69) is 27.1 Å². The first-order valence-electron chi connectivity index (χ1n) is 11.2. The number of aromatic nitrogens is 1. The summed E-state index contributed by atoms with van der Waals surface area (Å²) in [7, 11) is 2.07. The summed E-state index contributed by atoms with van der Waals surface area (Å²) in [6.07, 6.45) is 0. The lowest BCUT2D eigenvalue weighted by Gasteiger charge is -2.32. The van der Waals surface area contributed by atoms with Gasteiger partial charge in [-0.2, -0.15) is 0 Å². The van der Waals surface area contributed by atoms with Crippen LogP contribution in [0.1, 0.15) is 20.8 Å². The van der Waals surface area contributed by atoms with E-state index in [1.54, 1.807) is 6.07 Å². The molecule has 2 fully saturated rings. The molecule has 2 aromatic rings. The lowest BCUT2D eigenvalue weighted by Crippen LogP contribution is -2.47. The Morgan fingerprint density at radius 1 is 0.969 bits per heavy atom. The molecule has 0 radical (unpaired) electrons. The molecule has 0 spiro atoms. The molecule has 0 saturated carbocycles. The molecule has 4 rings (SSSR count). The van der Waals surface area contributed by atoms with Crippen molar-refractivity contribution in [2.24, 2.45) is 0 Å². The minimum absolute atomic E-state index is 0.0611. The van der Waals surface area contributed by atoms with Crippen molar-refractivity contribution in [1.82, 2.24) is 25.0 Å². The smallest absolute Gasteiger partial charge is 0.269 e. The number of rotatable bonds is 6. The Labute approximate surface area is 189 Å². The van der Waals surface area contributed by atoms with Gasteiger partial charge in [0.1, 0.15) is 5.69 Å². The van der Waals surface area contributed by atoms with Gasteiger partial charge < -0.3 is 19.9 Å².